The molecule has 1 amide bonds. The molecule has 116 valence electrons. The van der Waals surface area contributed by atoms with Gasteiger partial charge in [0.2, 0.25) is 5.91 Å². The minimum atomic E-state index is -0.357. The molecule has 0 spiro atoms. The molecular formula is C16H12ClN3O2S. The van der Waals surface area contributed by atoms with Crippen LogP contribution >= 0.6 is 23.8 Å². The molecule has 0 aliphatic carbocycles. The number of carbonyl (C=O) groups is 1. The summed E-state index contributed by atoms with van der Waals surface area (Å²) in [6.45, 7) is -0.175. The average Bonchev–Trinajstić information content (AvgIpc) is 2.51. The largest absolute Gasteiger partial charge is 0.332 e. The van der Waals surface area contributed by atoms with E-state index >= 15 is 0 Å². The highest BCUT2D eigenvalue weighted by Gasteiger charge is 2.10. The van der Waals surface area contributed by atoms with Crippen LogP contribution in [0.15, 0.2) is 53.3 Å². The fraction of sp³-hybridized carbons (Fsp3) is 0.0625. The van der Waals surface area contributed by atoms with Crippen LogP contribution in [-0.2, 0) is 11.3 Å². The minimum Gasteiger partial charge on any atom is -0.332 e. The number of aromatic nitrogens is 2. The van der Waals surface area contributed by atoms with Crippen LogP contribution in [0, 0.1) is 4.77 Å². The van der Waals surface area contributed by atoms with Crippen LogP contribution in [0.1, 0.15) is 0 Å². The summed E-state index contributed by atoms with van der Waals surface area (Å²) < 4.78 is 1.44. The number of nitrogens with zero attached hydrogens (tertiary/aromatic N) is 1. The maximum Gasteiger partial charge on any atom is 0.262 e. The van der Waals surface area contributed by atoms with Crippen molar-refractivity contribution in [3.05, 3.63) is 68.7 Å². The summed E-state index contributed by atoms with van der Waals surface area (Å²) in [6.07, 6.45) is 0. The number of hydrogen-bond donors (Lipinski definition) is 2. The summed E-state index contributed by atoms with van der Waals surface area (Å²) in [6, 6.07) is 13.8. The Morgan fingerprint density at radius 1 is 1.22 bits per heavy atom. The number of nitrogens with one attached hydrogen (secondary N) is 2. The zero-order valence-electron chi connectivity index (χ0n) is 11.9. The van der Waals surface area contributed by atoms with Crippen molar-refractivity contribution in [2.45, 2.75) is 6.54 Å². The molecular weight excluding hydrogens is 334 g/mol. The van der Waals surface area contributed by atoms with Gasteiger partial charge in [-0.1, -0.05) is 29.8 Å². The Kier molecular flexibility index (Phi) is 4.27. The fourth-order valence-electron chi connectivity index (χ4n) is 2.25. The number of benzene rings is 2. The second kappa shape index (κ2) is 6.36. The zero-order valence-corrected chi connectivity index (χ0v) is 13.4. The maximum absolute atomic E-state index is 12.5. The number of amides is 1. The summed E-state index contributed by atoms with van der Waals surface area (Å²) in [5.74, 6) is -0.357. The van der Waals surface area contributed by atoms with E-state index in [4.69, 9.17) is 23.8 Å². The first kappa shape index (κ1) is 15.5. The number of anilines is 1. The van der Waals surface area contributed by atoms with Gasteiger partial charge in [0.15, 0.2) is 4.77 Å². The van der Waals surface area contributed by atoms with Crippen molar-refractivity contribution in [2.24, 2.45) is 0 Å². The van der Waals surface area contributed by atoms with E-state index in [1.54, 1.807) is 42.5 Å². The minimum absolute atomic E-state index is 0.175. The van der Waals surface area contributed by atoms with Crippen molar-refractivity contribution in [3.8, 4) is 0 Å². The molecule has 0 saturated heterocycles. The first-order valence-corrected chi connectivity index (χ1v) is 7.60. The molecule has 0 aliphatic rings. The molecule has 0 atom stereocenters. The Balaban J connectivity index is 1.91. The summed E-state index contributed by atoms with van der Waals surface area (Å²) in [4.78, 5) is 27.6. The van der Waals surface area contributed by atoms with Gasteiger partial charge in [0.25, 0.3) is 5.56 Å². The molecule has 1 aromatic heterocycles. The molecule has 0 saturated carbocycles. The van der Waals surface area contributed by atoms with Crippen LogP contribution in [-0.4, -0.2) is 15.5 Å². The number of para-hydroxylation sites is 1. The number of fused-ring (bicyclic) bond motifs is 1. The lowest BCUT2D eigenvalue weighted by molar-refractivity contribution is -0.116. The molecule has 3 aromatic rings. The Morgan fingerprint density at radius 2 is 2.00 bits per heavy atom. The van der Waals surface area contributed by atoms with Gasteiger partial charge in [-0.25, -0.2) is 0 Å². The highest BCUT2D eigenvalue weighted by atomic mass is 35.5. The summed E-state index contributed by atoms with van der Waals surface area (Å²) in [7, 11) is 0. The van der Waals surface area contributed by atoms with E-state index in [0.717, 1.165) is 0 Å². The maximum atomic E-state index is 12.5. The standard InChI is InChI=1S/C16H12ClN3O2S/c17-10-4-3-5-11(8-10)18-14(21)9-20-15(22)12-6-1-2-7-13(12)19-16(20)23/h1-8H,9H2,(H,18,21)(H,19,23). The lowest BCUT2D eigenvalue weighted by Crippen LogP contribution is -2.29. The third-order valence-corrected chi connectivity index (χ3v) is 3.86. The zero-order chi connectivity index (χ0) is 16.4. The van der Waals surface area contributed by atoms with E-state index in [9.17, 15) is 9.59 Å². The highest BCUT2D eigenvalue weighted by Crippen LogP contribution is 2.14. The molecule has 0 unspecified atom stereocenters. The van der Waals surface area contributed by atoms with Gasteiger partial charge in [-0.15, -0.1) is 0 Å². The van der Waals surface area contributed by atoms with E-state index in [1.807, 2.05) is 6.07 Å². The highest BCUT2D eigenvalue weighted by molar-refractivity contribution is 7.71. The van der Waals surface area contributed by atoms with Gasteiger partial charge in [-0.2, -0.15) is 0 Å². The summed E-state index contributed by atoms with van der Waals surface area (Å²) >= 11 is 11.1. The second-order valence-electron chi connectivity index (χ2n) is 4.93. The number of halogens is 1. The van der Waals surface area contributed by atoms with Crippen LogP contribution in [0.5, 0.6) is 0 Å². The number of hydrogen-bond acceptors (Lipinski definition) is 3. The van der Waals surface area contributed by atoms with E-state index in [2.05, 4.69) is 10.3 Å². The van der Waals surface area contributed by atoms with Crippen molar-refractivity contribution in [2.75, 3.05) is 5.32 Å². The molecule has 1 heterocycles. The van der Waals surface area contributed by atoms with E-state index < -0.39 is 0 Å². The quantitative estimate of drug-likeness (QED) is 0.715. The summed E-state index contributed by atoms with van der Waals surface area (Å²) in [5.41, 5.74) is 0.908. The van der Waals surface area contributed by atoms with Crippen LogP contribution in [0.2, 0.25) is 5.02 Å². The van der Waals surface area contributed by atoms with E-state index in [1.165, 1.54) is 4.57 Å². The van der Waals surface area contributed by atoms with Crippen molar-refractivity contribution in [1.82, 2.24) is 9.55 Å². The van der Waals surface area contributed by atoms with Crippen molar-refractivity contribution in [3.63, 3.8) is 0 Å². The van der Waals surface area contributed by atoms with Crippen LogP contribution in [0.4, 0.5) is 5.69 Å². The van der Waals surface area contributed by atoms with Crippen LogP contribution in [0.25, 0.3) is 10.9 Å². The molecule has 3 rings (SSSR count). The van der Waals surface area contributed by atoms with Crippen molar-refractivity contribution >= 4 is 46.3 Å². The molecule has 0 bridgehead atoms. The first-order chi connectivity index (χ1) is 11.0. The van der Waals surface area contributed by atoms with E-state index in [-0.39, 0.29) is 22.8 Å². The lowest BCUT2D eigenvalue weighted by atomic mass is 10.2. The number of H-pyrrole nitrogens is 1. The average molecular weight is 346 g/mol. The monoisotopic (exact) mass is 345 g/mol. The van der Waals surface area contributed by atoms with Gasteiger partial charge in [0.1, 0.15) is 6.54 Å². The number of aromatic amines is 1. The second-order valence-corrected chi connectivity index (χ2v) is 5.75. The molecule has 0 fully saturated rings. The molecule has 0 radical (unpaired) electrons. The van der Waals surface area contributed by atoms with Gasteiger partial charge >= 0.3 is 0 Å². The molecule has 2 aromatic carbocycles. The summed E-state index contributed by atoms with van der Waals surface area (Å²) in [5, 5.41) is 3.69. The van der Waals surface area contributed by atoms with Crippen molar-refractivity contribution in [1.29, 1.82) is 0 Å². The lowest BCUT2D eigenvalue weighted by Gasteiger charge is -2.09. The van der Waals surface area contributed by atoms with Crippen molar-refractivity contribution < 1.29 is 4.79 Å². The van der Waals surface area contributed by atoms with Gasteiger partial charge in [0, 0.05) is 10.7 Å². The number of rotatable bonds is 3. The molecule has 5 nitrogen and oxygen atoms in total. The smallest absolute Gasteiger partial charge is 0.262 e. The van der Waals surface area contributed by atoms with Gasteiger partial charge in [-0.05, 0) is 42.5 Å². The van der Waals surface area contributed by atoms with E-state index in [0.29, 0.717) is 21.6 Å². The Bertz CT molecular complexity index is 1010. The van der Waals surface area contributed by atoms with Crippen LogP contribution < -0.4 is 10.9 Å². The molecule has 7 heteroatoms. The molecule has 23 heavy (non-hydrogen) atoms. The normalized spacial score (nSPS) is 10.7. The predicted molar refractivity (Wildman–Crippen MR) is 93.5 cm³/mol. The SMILES string of the molecule is O=C(Cn1c(=S)[nH]c2ccccc2c1=O)Nc1cccc(Cl)c1. The Hall–Kier alpha value is -2.44. The molecule has 0 aliphatic heterocycles. The van der Waals surface area contributed by atoms with Gasteiger partial charge < -0.3 is 10.3 Å². The number of carbonyl (C=O) groups excluding carboxylic acids is 1. The van der Waals surface area contributed by atoms with Gasteiger partial charge in [0.05, 0.1) is 10.9 Å². The Morgan fingerprint density at radius 3 is 2.78 bits per heavy atom. The third-order valence-electron chi connectivity index (χ3n) is 3.30. The molecule has 2 N–H and O–H groups in total. The van der Waals surface area contributed by atoms with Crippen LogP contribution in [0.3, 0.4) is 0 Å². The first-order valence-electron chi connectivity index (χ1n) is 6.82. The third kappa shape index (κ3) is 3.33. The predicted octanol–water partition coefficient (Wildman–Crippen LogP) is 3.35. The Labute approximate surface area is 141 Å². The van der Waals surface area contributed by atoms with Gasteiger partial charge in [-0.3, -0.25) is 14.2 Å². The fourth-order valence-corrected chi connectivity index (χ4v) is 2.70. The topological polar surface area (TPSA) is 66.9 Å².